The standard InChI is InChI=1S/C10H15NS/c1-8(2)10(11)12-9-6-4-3-5-7-9/h3-8,10H,11H2,1-2H3. The highest BCUT2D eigenvalue weighted by Gasteiger charge is 2.07. The first kappa shape index (κ1) is 9.62. The fourth-order valence-corrected chi connectivity index (χ4v) is 1.69. The van der Waals surface area contributed by atoms with E-state index in [2.05, 4.69) is 26.0 Å². The van der Waals surface area contributed by atoms with Gasteiger partial charge in [0.2, 0.25) is 0 Å². The molecule has 1 atom stereocenters. The Hall–Kier alpha value is -0.470. The minimum absolute atomic E-state index is 0.201. The van der Waals surface area contributed by atoms with Gasteiger partial charge < -0.3 is 5.73 Å². The molecule has 0 spiro atoms. The van der Waals surface area contributed by atoms with Crippen molar-refractivity contribution < 1.29 is 0 Å². The number of benzene rings is 1. The van der Waals surface area contributed by atoms with Crippen LogP contribution in [0.3, 0.4) is 0 Å². The fourth-order valence-electron chi connectivity index (χ4n) is 0.792. The number of nitrogens with two attached hydrogens (primary N) is 1. The van der Waals surface area contributed by atoms with Crippen LogP contribution in [0.1, 0.15) is 13.8 Å². The maximum Gasteiger partial charge on any atom is 0.0577 e. The number of thioether (sulfide) groups is 1. The average Bonchev–Trinajstić information content (AvgIpc) is 2.06. The summed E-state index contributed by atoms with van der Waals surface area (Å²) in [7, 11) is 0. The monoisotopic (exact) mass is 181 g/mol. The molecule has 0 fully saturated rings. The Labute approximate surface area is 78.4 Å². The van der Waals surface area contributed by atoms with Crippen LogP contribution in [0.25, 0.3) is 0 Å². The molecule has 0 aliphatic rings. The van der Waals surface area contributed by atoms with E-state index >= 15 is 0 Å². The van der Waals surface area contributed by atoms with Crippen LogP contribution in [0, 0.1) is 5.92 Å². The molecular formula is C10H15NS. The van der Waals surface area contributed by atoms with Crippen molar-refractivity contribution in [2.45, 2.75) is 24.1 Å². The van der Waals surface area contributed by atoms with E-state index in [9.17, 15) is 0 Å². The lowest BCUT2D eigenvalue weighted by Crippen LogP contribution is -2.21. The quantitative estimate of drug-likeness (QED) is 0.573. The lowest BCUT2D eigenvalue weighted by atomic mass is 10.2. The Bertz CT molecular complexity index is 221. The zero-order valence-electron chi connectivity index (χ0n) is 7.53. The van der Waals surface area contributed by atoms with E-state index in [1.807, 2.05) is 18.2 Å². The van der Waals surface area contributed by atoms with E-state index in [1.165, 1.54) is 4.90 Å². The molecule has 1 aromatic rings. The second-order valence-electron chi connectivity index (χ2n) is 3.14. The third-order valence-corrected chi connectivity index (χ3v) is 3.03. The molecule has 1 unspecified atom stereocenters. The smallest absolute Gasteiger partial charge is 0.0577 e. The first-order valence-corrected chi connectivity index (χ1v) is 5.05. The van der Waals surface area contributed by atoms with Gasteiger partial charge >= 0.3 is 0 Å². The van der Waals surface area contributed by atoms with Crippen LogP contribution in [0.4, 0.5) is 0 Å². The van der Waals surface area contributed by atoms with Crippen molar-refractivity contribution in [2.24, 2.45) is 11.7 Å². The summed E-state index contributed by atoms with van der Waals surface area (Å²) in [6.07, 6.45) is 0. The highest BCUT2D eigenvalue weighted by atomic mass is 32.2. The molecular weight excluding hydrogens is 166 g/mol. The van der Waals surface area contributed by atoms with Gasteiger partial charge in [0, 0.05) is 4.90 Å². The Morgan fingerprint density at radius 1 is 1.17 bits per heavy atom. The van der Waals surface area contributed by atoms with E-state index in [4.69, 9.17) is 5.73 Å². The Kier molecular flexibility index (Phi) is 3.63. The minimum Gasteiger partial charge on any atom is -0.319 e. The van der Waals surface area contributed by atoms with Gasteiger partial charge in [0.15, 0.2) is 0 Å². The molecule has 0 saturated heterocycles. The van der Waals surface area contributed by atoms with Crippen molar-refractivity contribution >= 4 is 11.8 Å². The summed E-state index contributed by atoms with van der Waals surface area (Å²) >= 11 is 1.73. The average molecular weight is 181 g/mol. The summed E-state index contributed by atoms with van der Waals surface area (Å²) < 4.78 is 0. The fraction of sp³-hybridized carbons (Fsp3) is 0.400. The van der Waals surface area contributed by atoms with Crippen LogP contribution in [0.15, 0.2) is 35.2 Å². The second-order valence-corrected chi connectivity index (χ2v) is 4.39. The third-order valence-electron chi connectivity index (χ3n) is 1.67. The summed E-state index contributed by atoms with van der Waals surface area (Å²) in [6, 6.07) is 10.3. The highest BCUT2D eigenvalue weighted by molar-refractivity contribution is 7.99. The molecule has 0 aliphatic heterocycles. The van der Waals surface area contributed by atoms with E-state index in [1.54, 1.807) is 11.8 Å². The van der Waals surface area contributed by atoms with Crippen molar-refractivity contribution in [1.82, 2.24) is 0 Å². The largest absolute Gasteiger partial charge is 0.319 e. The van der Waals surface area contributed by atoms with E-state index in [0.29, 0.717) is 5.92 Å². The first-order chi connectivity index (χ1) is 5.70. The lowest BCUT2D eigenvalue weighted by molar-refractivity contribution is 0.624. The van der Waals surface area contributed by atoms with Crippen molar-refractivity contribution in [3.05, 3.63) is 30.3 Å². The molecule has 2 N–H and O–H groups in total. The van der Waals surface area contributed by atoms with Crippen LogP contribution in [0.2, 0.25) is 0 Å². The second kappa shape index (κ2) is 4.53. The topological polar surface area (TPSA) is 26.0 Å². The summed E-state index contributed by atoms with van der Waals surface area (Å²) in [4.78, 5) is 1.25. The molecule has 1 aromatic carbocycles. The molecule has 0 aromatic heterocycles. The van der Waals surface area contributed by atoms with Crippen LogP contribution in [0.5, 0.6) is 0 Å². The zero-order valence-corrected chi connectivity index (χ0v) is 8.34. The van der Waals surface area contributed by atoms with Crippen molar-refractivity contribution in [3.63, 3.8) is 0 Å². The van der Waals surface area contributed by atoms with Gasteiger partial charge in [-0.3, -0.25) is 0 Å². The normalized spacial score (nSPS) is 13.3. The van der Waals surface area contributed by atoms with Gasteiger partial charge in [-0.2, -0.15) is 0 Å². The molecule has 0 aliphatic carbocycles. The maximum atomic E-state index is 5.91. The number of hydrogen-bond acceptors (Lipinski definition) is 2. The summed E-state index contributed by atoms with van der Waals surface area (Å²) in [5.41, 5.74) is 5.91. The molecule has 0 bridgehead atoms. The van der Waals surface area contributed by atoms with Crippen LogP contribution >= 0.6 is 11.8 Å². The summed E-state index contributed by atoms with van der Waals surface area (Å²) in [5, 5.41) is 0.201. The molecule has 1 nitrogen and oxygen atoms in total. The number of hydrogen-bond donors (Lipinski definition) is 1. The van der Waals surface area contributed by atoms with E-state index in [-0.39, 0.29) is 5.37 Å². The zero-order chi connectivity index (χ0) is 8.97. The van der Waals surface area contributed by atoms with Crippen molar-refractivity contribution in [3.8, 4) is 0 Å². The SMILES string of the molecule is CC(C)C(N)Sc1ccccc1. The molecule has 0 heterocycles. The van der Waals surface area contributed by atoms with Gasteiger partial charge in [-0.25, -0.2) is 0 Å². The molecule has 0 saturated carbocycles. The molecule has 66 valence electrons. The van der Waals surface area contributed by atoms with Gasteiger partial charge in [0.25, 0.3) is 0 Å². The van der Waals surface area contributed by atoms with Gasteiger partial charge in [0.1, 0.15) is 0 Å². The Balaban J connectivity index is 2.53. The molecule has 1 rings (SSSR count). The lowest BCUT2D eigenvalue weighted by Gasteiger charge is -2.14. The van der Waals surface area contributed by atoms with E-state index < -0.39 is 0 Å². The van der Waals surface area contributed by atoms with Crippen molar-refractivity contribution in [1.29, 1.82) is 0 Å². The first-order valence-electron chi connectivity index (χ1n) is 4.17. The Morgan fingerprint density at radius 3 is 2.25 bits per heavy atom. The van der Waals surface area contributed by atoms with Crippen LogP contribution in [-0.2, 0) is 0 Å². The predicted octanol–water partition coefficient (Wildman–Crippen LogP) is 2.72. The predicted molar refractivity (Wildman–Crippen MR) is 55.1 cm³/mol. The molecule has 0 amide bonds. The van der Waals surface area contributed by atoms with Gasteiger partial charge in [-0.1, -0.05) is 32.0 Å². The Morgan fingerprint density at radius 2 is 1.75 bits per heavy atom. The third kappa shape index (κ3) is 2.88. The molecule has 0 radical (unpaired) electrons. The molecule has 12 heavy (non-hydrogen) atoms. The summed E-state index contributed by atoms with van der Waals surface area (Å²) in [5.74, 6) is 0.523. The van der Waals surface area contributed by atoms with Gasteiger partial charge in [-0.15, -0.1) is 11.8 Å². The maximum absolute atomic E-state index is 5.91. The molecule has 2 heteroatoms. The van der Waals surface area contributed by atoms with Gasteiger partial charge in [0.05, 0.1) is 5.37 Å². The van der Waals surface area contributed by atoms with Gasteiger partial charge in [-0.05, 0) is 18.1 Å². The number of rotatable bonds is 3. The van der Waals surface area contributed by atoms with Crippen molar-refractivity contribution in [2.75, 3.05) is 0 Å². The van der Waals surface area contributed by atoms with E-state index in [0.717, 1.165) is 0 Å². The summed E-state index contributed by atoms with van der Waals surface area (Å²) in [6.45, 7) is 4.28. The van der Waals surface area contributed by atoms with Crippen LogP contribution in [-0.4, -0.2) is 5.37 Å². The minimum atomic E-state index is 0.201. The van der Waals surface area contributed by atoms with Crippen LogP contribution < -0.4 is 5.73 Å². The highest BCUT2D eigenvalue weighted by Crippen LogP contribution is 2.23.